The van der Waals surface area contributed by atoms with Crippen molar-refractivity contribution in [2.45, 2.75) is 76.7 Å². The van der Waals surface area contributed by atoms with Crippen molar-refractivity contribution in [1.82, 2.24) is 0 Å². The highest BCUT2D eigenvalue weighted by Gasteiger charge is 2.68. The lowest BCUT2D eigenvalue weighted by molar-refractivity contribution is -0.313. The summed E-state index contributed by atoms with van der Waals surface area (Å²) in [6, 6.07) is 19.4. The van der Waals surface area contributed by atoms with Gasteiger partial charge < -0.3 is 33.9 Å². The maximum absolute atomic E-state index is 12.3. The SMILES string of the molecule is CC#CC1(O)C(OCOCc2ccccc2)C(C)CC[C@]1(OCOCc1ccccc1)C(C)(O)C#COCC. The molecule has 1 fully saturated rings. The smallest absolute Gasteiger partial charge is 0.184 e. The molecule has 0 aromatic heterocycles. The van der Waals surface area contributed by atoms with Gasteiger partial charge in [-0.05, 0) is 56.6 Å². The molecule has 7 nitrogen and oxygen atoms in total. The van der Waals surface area contributed by atoms with Crippen molar-refractivity contribution in [2.24, 2.45) is 5.92 Å². The normalized spacial score (nSPS) is 25.9. The Morgan fingerprint density at radius 2 is 1.56 bits per heavy atom. The predicted octanol–water partition coefficient (Wildman–Crippen LogP) is 4.41. The molecule has 3 rings (SSSR count). The Balaban J connectivity index is 1.87. The van der Waals surface area contributed by atoms with Crippen molar-refractivity contribution in [3.63, 3.8) is 0 Å². The Hall–Kier alpha value is -2.88. The van der Waals surface area contributed by atoms with Crippen LogP contribution in [0.2, 0.25) is 0 Å². The first-order valence-corrected chi connectivity index (χ1v) is 13.3. The Bertz CT molecular complexity index is 1130. The quantitative estimate of drug-likeness (QED) is 0.236. The van der Waals surface area contributed by atoms with Crippen molar-refractivity contribution in [3.8, 4) is 23.9 Å². The minimum Gasteiger partial charge on any atom is -0.447 e. The van der Waals surface area contributed by atoms with Crippen LogP contribution in [0.15, 0.2) is 60.7 Å². The summed E-state index contributed by atoms with van der Waals surface area (Å²) in [7, 11) is 0. The first kappa shape index (κ1) is 30.7. The highest BCUT2D eigenvalue weighted by Crippen LogP contribution is 2.49. The number of ether oxygens (including phenoxy) is 5. The van der Waals surface area contributed by atoms with Gasteiger partial charge in [0.2, 0.25) is 0 Å². The topological polar surface area (TPSA) is 86.6 Å². The van der Waals surface area contributed by atoms with Gasteiger partial charge in [-0.15, -0.1) is 5.92 Å². The number of benzene rings is 2. The summed E-state index contributed by atoms with van der Waals surface area (Å²) in [6.45, 7) is 7.60. The van der Waals surface area contributed by atoms with E-state index in [9.17, 15) is 10.2 Å². The van der Waals surface area contributed by atoms with Gasteiger partial charge in [0.05, 0.1) is 19.8 Å². The van der Waals surface area contributed by atoms with E-state index in [1.165, 1.54) is 6.92 Å². The largest absolute Gasteiger partial charge is 0.447 e. The van der Waals surface area contributed by atoms with Crippen LogP contribution in [0.1, 0.15) is 51.7 Å². The lowest BCUT2D eigenvalue weighted by Crippen LogP contribution is -2.74. The third kappa shape index (κ3) is 7.41. The summed E-state index contributed by atoms with van der Waals surface area (Å²) < 4.78 is 29.2. The molecule has 0 aliphatic heterocycles. The monoisotopic (exact) mass is 536 g/mol. The molecule has 2 aromatic carbocycles. The van der Waals surface area contributed by atoms with Gasteiger partial charge in [-0.1, -0.05) is 73.5 Å². The highest BCUT2D eigenvalue weighted by molar-refractivity contribution is 5.35. The van der Waals surface area contributed by atoms with E-state index in [4.69, 9.17) is 23.7 Å². The molecule has 1 saturated carbocycles. The van der Waals surface area contributed by atoms with E-state index in [1.54, 1.807) is 13.8 Å². The molecular weight excluding hydrogens is 496 g/mol. The standard InChI is InChI=1S/C32H40O7/c1-5-18-31(34)29(38-24-36-22-27-13-9-7-10-14-27)26(3)17-19-32(31,30(4,33)20-21-35-6-2)39-25-37-23-28-15-11-8-12-16-28/h7-16,26,29,33-34H,6,17,19,22-25H2,1-4H3/t26?,29?,30?,31?,32-/m0/s1. The first-order valence-electron chi connectivity index (χ1n) is 13.3. The number of rotatable bonds is 12. The molecular formula is C32H40O7. The number of hydrogen-bond donors (Lipinski definition) is 2. The zero-order valence-electron chi connectivity index (χ0n) is 23.3. The van der Waals surface area contributed by atoms with E-state index >= 15 is 0 Å². The maximum atomic E-state index is 12.3. The third-order valence-electron chi connectivity index (χ3n) is 7.05. The molecule has 7 heteroatoms. The van der Waals surface area contributed by atoms with E-state index in [-0.39, 0.29) is 25.9 Å². The molecule has 0 amide bonds. The molecule has 0 spiro atoms. The van der Waals surface area contributed by atoms with Crippen molar-refractivity contribution < 1.29 is 33.9 Å². The van der Waals surface area contributed by atoms with Crippen LogP contribution in [0, 0.1) is 29.8 Å². The van der Waals surface area contributed by atoms with Gasteiger partial charge in [0.25, 0.3) is 0 Å². The van der Waals surface area contributed by atoms with Crippen LogP contribution in [0.3, 0.4) is 0 Å². The Kier molecular flexibility index (Phi) is 11.4. The molecule has 1 aliphatic rings. The van der Waals surface area contributed by atoms with E-state index in [2.05, 4.69) is 23.9 Å². The molecule has 2 N–H and O–H groups in total. The van der Waals surface area contributed by atoms with Crippen LogP contribution in [0.25, 0.3) is 0 Å². The molecule has 1 aliphatic carbocycles. The van der Waals surface area contributed by atoms with E-state index in [0.717, 1.165) is 11.1 Å². The van der Waals surface area contributed by atoms with Crippen molar-refractivity contribution in [2.75, 3.05) is 20.2 Å². The molecule has 0 radical (unpaired) electrons. The minimum atomic E-state index is -1.95. The maximum Gasteiger partial charge on any atom is 0.184 e. The highest BCUT2D eigenvalue weighted by atomic mass is 16.7. The fourth-order valence-corrected chi connectivity index (χ4v) is 5.04. The van der Waals surface area contributed by atoms with Crippen LogP contribution >= 0.6 is 0 Å². The average Bonchev–Trinajstić information content (AvgIpc) is 2.93. The second-order valence-electron chi connectivity index (χ2n) is 9.85. The lowest BCUT2D eigenvalue weighted by atomic mass is 9.60. The summed E-state index contributed by atoms with van der Waals surface area (Å²) in [5.41, 5.74) is -3.53. The van der Waals surface area contributed by atoms with Gasteiger partial charge in [0.1, 0.15) is 25.8 Å². The molecule has 0 saturated heterocycles. The molecule has 2 aromatic rings. The van der Waals surface area contributed by atoms with Gasteiger partial charge in [-0.2, -0.15) is 0 Å². The van der Waals surface area contributed by atoms with Crippen molar-refractivity contribution in [1.29, 1.82) is 0 Å². The Morgan fingerprint density at radius 3 is 2.13 bits per heavy atom. The third-order valence-corrected chi connectivity index (χ3v) is 7.05. The lowest BCUT2D eigenvalue weighted by Gasteiger charge is -2.56. The molecule has 210 valence electrons. The Morgan fingerprint density at radius 1 is 0.974 bits per heavy atom. The number of hydrogen-bond acceptors (Lipinski definition) is 7. The summed E-state index contributed by atoms with van der Waals surface area (Å²) >= 11 is 0. The second-order valence-corrected chi connectivity index (χ2v) is 9.85. The molecule has 0 bridgehead atoms. The van der Waals surface area contributed by atoms with Gasteiger partial charge in [0, 0.05) is 0 Å². The van der Waals surface area contributed by atoms with Crippen LogP contribution in [0.5, 0.6) is 0 Å². The summed E-state index contributed by atoms with van der Waals surface area (Å²) in [5.74, 6) is 8.38. The summed E-state index contributed by atoms with van der Waals surface area (Å²) in [6.07, 6.45) is 2.53. The molecule has 4 unspecified atom stereocenters. The minimum absolute atomic E-state index is 0.0784. The van der Waals surface area contributed by atoms with E-state index in [1.807, 2.05) is 67.6 Å². The average molecular weight is 537 g/mol. The second kappa shape index (κ2) is 14.5. The van der Waals surface area contributed by atoms with Gasteiger partial charge in [0.15, 0.2) is 16.8 Å². The van der Waals surface area contributed by atoms with Crippen molar-refractivity contribution >= 4 is 0 Å². The van der Waals surface area contributed by atoms with Gasteiger partial charge in [-0.3, -0.25) is 0 Å². The van der Waals surface area contributed by atoms with Crippen LogP contribution in [-0.2, 0) is 36.9 Å². The van der Waals surface area contributed by atoms with Gasteiger partial charge in [-0.25, -0.2) is 0 Å². The molecule has 0 heterocycles. The number of aliphatic hydroxyl groups is 2. The van der Waals surface area contributed by atoms with E-state index < -0.39 is 22.9 Å². The predicted molar refractivity (Wildman–Crippen MR) is 148 cm³/mol. The fourth-order valence-electron chi connectivity index (χ4n) is 5.04. The van der Waals surface area contributed by atoms with Crippen molar-refractivity contribution in [3.05, 3.63) is 71.8 Å². The van der Waals surface area contributed by atoms with Crippen LogP contribution in [-0.4, -0.2) is 53.3 Å². The zero-order chi connectivity index (χ0) is 28.2. The van der Waals surface area contributed by atoms with E-state index in [0.29, 0.717) is 26.2 Å². The molecule has 39 heavy (non-hydrogen) atoms. The summed E-state index contributed by atoms with van der Waals surface area (Å²) in [4.78, 5) is 0. The zero-order valence-corrected chi connectivity index (χ0v) is 23.3. The molecule has 5 atom stereocenters. The fraction of sp³-hybridized carbons (Fsp3) is 0.500. The first-order chi connectivity index (χ1) is 18.8. The van der Waals surface area contributed by atoms with Crippen LogP contribution in [0.4, 0.5) is 0 Å². The van der Waals surface area contributed by atoms with Crippen LogP contribution < -0.4 is 0 Å². The summed E-state index contributed by atoms with van der Waals surface area (Å²) in [5, 5.41) is 24.1. The Labute approximate surface area is 232 Å². The van der Waals surface area contributed by atoms with Gasteiger partial charge >= 0.3 is 0 Å².